The molecule has 0 aliphatic carbocycles. The molecule has 2 aromatic rings. The van der Waals surface area contributed by atoms with Crippen molar-refractivity contribution in [2.45, 2.75) is 19.8 Å². The number of carbonyl (C=O) groups excluding carboxylic acids is 1. The minimum absolute atomic E-state index is 0.0351. The van der Waals surface area contributed by atoms with Gasteiger partial charge in [-0.05, 0) is 55.3 Å². The summed E-state index contributed by atoms with van der Waals surface area (Å²) in [6, 6.07) is 13.9. The molecule has 3 rings (SSSR count). The zero-order chi connectivity index (χ0) is 18.4. The van der Waals surface area contributed by atoms with Gasteiger partial charge in [0.05, 0.1) is 6.61 Å². The first-order valence-corrected chi connectivity index (χ1v) is 9.20. The van der Waals surface area contributed by atoms with Gasteiger partial charge in [0, 0.05) is 37.4 Å². The fourth-order valence-corrected chi connectivity index (χ4v) is 3.15. The third-order valence-electron chi connectivity index (χ3n) is 4.53. The van der Waals surface area contributed by atoms with Crippen molar-refractivity contribution in [3.63, 3.8) is 0 Å². The van der Waals surface area contributed by atoms with Crippen LogP contribution < -0.4 is 9.64 Å². The second-order valence-electron chi connectivity index (χ2n) is 6.49. The molecule has 1 saturated heterocycles. The SMILES string of the molecule is CCCOc1cccc(C(=O)N2CCCN(c3ccc(F)cc3)CC2)c1. The lowest BCUT2D eigenvalue weighted by Gasteiger charge is -2.24. The summed E-state index contributed by atoms with van der Waals surface area (Å²) in [5.74, 6) is 0.541. The Morgan fingerprint density at radius 3 is 2.65 bits per heavy atom. The molecule has 4 nitrogen and oxygen atoms in total. The number of halogens is 1. The first kappa shape index (κ1) is 18.2. The highest BCUT2D eigenvalue weighted by atomic mass is 19.1. The molecule has 0 atom stereocenters. The van der Waals surface area contributed by atoms with E-state index in [2.05, 4.69) is 11.8 Å². The minimum Gasteiger partial charge on any atom is -0.494 e. The van der Waals surface area contributed by atoms with Crippen molar-refractivity contribution in [3.05, 3.63) is 59.9 Å². The smallest absolute Gasteiger partial charge is 0.254 e. The molecular weight excluding hydrogens is 331 g/mol. The van der Waals surface area contributed by atoms with Crippen LogP contribution in [0.3, 0.4) is 0 Å². The molecule has 0 saturated carbocycles. The maximum absolute atomic E-state index is 13.1. The van der Waals surface area contributed by atoms with Gasteiger partial charge in [-0.1, -0.05) is 13.0 Å². The molecule has 0 N–H and O–H groups in total. The van der Waals surface area contributed by atoms with Gasteiger partial charge in [0.2, 0.25) is 0 Å². The van der Waals surface area contributed by atoms with Crippen molar-refractivity contribution in [2.75, 3.05) is 37.7 Å². The quantitative estimate of drug-likeness (QED) is 0.813. The van der Waals surface area contributed by atoms with Gasteiger partial charge < -0.3 is 14.5 Å². The van der Waals surface area contributed by atoms with Crippen molar-refractivity contribution in [2.24, 2.45) is 0 Å². The summed E-state index contributed by atoms with van der Waals surface area (Å²) < 4.78 is 18.8. The van der Waals surface area contributed by atoms with E-state index in [0.717, 1.165) is 43.9 Å². The van der Waals surface area contributed by atoms with E-state index in [-0.39, 0.29) is 11.7 Å². The number of anilines is 1. The molecule has 1 aliphatic rings. The number of nitrogens with zero attached hydrogens (tertiary/aromatic N) is 2. The summed E-state index contributed by atoms with van der Waals surface area (Å²) in [5, 5.41) is 0. The molecule has 0 radical (unpaired) electrons. The van der Waals surface area contributed by atoms with Gasteiger partial charge in [0.1, 0.15) is 11.6 Å². The number of ether oxygens (including phenoxy) is 1. The number of benzene rings is 2. The number of hydrogen-bond acceptors (Lipinski definition) is 3. The third-order valence-corrected chi connectivity index (χ3v) is 4.53. The van der Waals surface area contributed by atoms with E-state index in [4.69, 9.17) is 4.74 Å². The summed E-state index contributed by atoms with van der Waals surface area (Å²) in [6.45, 7) is 5.67. The summed E-state index contributed by atoms with van der Waals surface area (Å²) >= 11 is 0. The summed E-state index contributed by atoms with van der Waals surface area (Å²) in [5.41, 5.74) is 1.66. The van der Waals surface area contributed by atoms with E-state index in [1.54, 1.807) is 12.1 Å². The van der Waals surface area contributed by atoms with Crippen LogP contribution in [0.2, 0.25) is 0 Å². The Hall–Kier alpha value is -2.56. The van der Waals surface area contributed by atoms with Crippen molar-refractivity contribution in [3.8, 4) is 5.75 Å². The van der Waals surface area contributed by atoms with Gasteiger partial charge in [-0.25, -0.2) is 4.39 Å². The summed E-state index contributed by atoms with van der Waals surface area (Å²) in [7, 11) is 0. The van der Waals surface area contributed by atoms with Gasteiger partial charge in [0.25, 0.3) is 5.91 Å². The second kappa shape index (κ2) is 8.70. The van der Waals surface area contributed by atoms with Gasteiger partial charge in [0.15, 0.2) is 0 Å². The Bertz CT molecular complexity index is 733. The van der Waals surface area contributed by atoms with Crippen molar-refractivity contribution in [1.82, 2.24) is 4.90 Å². The predicted octanol–water partition coefficient (Wildman–Crippen LogP) is 3.97. The molecule has 1 aliphatic heterocycles. The largest absolute Gasteiger partial charge is 0.494 e. The highest BCUT2D eigenvalue weighted by Gasteiger charge is 2.21. The highest BCUT2D eigenvalue weighted by molar-refractivity contribution is 5.94. The van der Waals surface area contributed by atoms with Crippen molar-refractivity contribution in [1.29, 1.82) is 0 Å². The summed E-state index contributed by atoms with van der Waals surface area (Å²) in [4.78, 5) is 17.0. The number of carbonyl (C=O) groups is 1. The van der Waals surface area contributed by atoms with Crippen LogP contribution in [-0.4, -0.2) is 43.6 Å². The average Bonchev–Trinajstić information content (AvgIpc) is 2.93. The van der Waals surface area contributed by atoms with E-state index in [1.165, 1.54) is 12.1 Å². The van der Waals surface area contributed by atoms with Crippen LogP contribution in [0.25, 0.3) is 0 Å². The van der Waals surface area contributed by atoms with Crippen LogP contribution >= 0.6 is 0 Å². The van der Waals surface area contributed by atoms with Gasteiger partial charge >= 0.3 is 0 Å². The first-order chi connectivity index (χ1) is 12.7. The van der Waals surface area contributed by atoms with Gasteiger partial charge in [-0.2, -0.15) is 0 Å². The van der Waals surface area contributed by atoms with Crippen LogP contribution in [0.4, 0.5) is 10.1 Å². The van der Waals surface area contributed by atoms with Crippen molar-refractivity contribution < 1.29 is 13.9 Å². The molecule has 0 unspecified atom stereocenters. The van der Waals surface area contributed by atoms with Crippen LogP contribution in [0.5, 0.6) is 5.75 Å². The summed E-state index contributed by atoms with van der Waals surface area (Å²) in [6.07, 6.45) is 1.82. The van der Waals surface area contributed by atoms with E-state index in [9.17, 15) is 9.18 Å². The maximum Gasteiger partial charge on any atom is 0.254 e. The molecule has 26 heavy (non-hydrogen) atoms. The van der Waals surface area contributed by atoms with Crippen LogP contribution in [0.1, 0.15) is 30.1 Å². The molecule has 5 heteroatoms. The normalized spacial score (nSPS) is 14.8. The monoisotopic (exact) mass is 356 g/mol. The maximum atomic E-state index is 13.1. The zero-order valence-electron chi connectivity index (χ0n) is 15.2. The fourth-order valence-electron chi connectivity index (χ4n) is 3.15. The average molecular weight is 356 g/mol. The Kier molecular flexibility index (Phi) is 6.10. The van der Waals surface area contributed by atoms with E-state index < -0.39 is 0 Å². The zero-order valence-corrected chi connectivity index (χ0v) is 15.2. The van der Waals surface area contributed by atoms with E-state index in [1.807, 2.05) is 29.2 Å². The first-order valence-electron chi connectivity index (χ1n) is 9.20. The number of hydrogen-bond donors (Lipinski definition) is 0. The number of rotatable bonds is 5. The topological polar surface area (TPSA) is 32.8 Å². The Morgan fingerprint density at radius 2 is 1.88 bits per heavy atom. The van der Waals surface area contributed by atoms with Crippen LogP contribution in [0, 0.1) is 5.82 Å². The Labute approximate surface area is 154 Å². The second-order valence-corrected chi connectivity index (χ2v) is 6.49. The highest BCUT2D eigenvalue weighted by Crippen LogP contribution is 2.19. The molecule has 1 fully saturated rings. The lowest BCUT2D eigenvalue weighted by atomic mass is 10.2. The third kappa shape index (κ3) is 4.54. The molecule has 138 valence electrons. The standard InChI is InChI=1S/C21H25FN2O2/c1-2-15-26-20-6-3-5-17(16-20)21(25)24-12-4-11-23(13-14-24)19-9-7-18(22)8-10-19/h3,5-10,16H,2,4,11-15H2,1H3. The van der Waals surface area contributed by atoms with Crippen molar-refractivity contribution >= 4 is 11.6 Å². The predicted molar refractivity (Wildman–Crippen MR) is 101 cm³/mol. The molecular formula is C21H25FN2O2. The lowest BCUT2D eigenvalue weighted by molar-refractivity contribution is 0.0766. The lowest BCUT2D eigenvalue weighted by Crippen LogP contribution is -2.35. The fraction of sp³-hybridized carbons (Fsp3) is 0.381. The van der Waals surface area contributed by atoms with Crippen LogP contribution in [-0.2, 0) is 0 Å². The molecule has 1 heterocycles. The molecule has 1 amide bonds. The molecule has 0 bridgehead atoms. The van der Waals surface area contributed by atoms with Gasteiger partial charge in [-0.15, -0.1) is 0 Å². The van der Waals surface area contributed by atoms with E-state index in [0.29, 0.717) is 18.7 Å². The molecule has 0 spiro atoms. The van der Waals surface area contributed by atoms with Gasteiger partial charge in [-0.3, -0.25) is 4.79 Å². The molecule has 2 aromatic carbocycles. The Balaban J connectivity index is 1.65. The number of amides is 1. The Morgan fingerprint density at radius 1 is 1.08 bits per heavy atom. The van der Waals surface area contributed by atoms with Crippen LogP contribution in [0.15, 0.2) is 48.5 Å². The van der Waals surface area contributed by atoms with E-state index >= 15 is 0 Å². The molecule has 0 aromatic heterocycles. The minimum atomic E-state index is -0.231.